The standard InChI is InChI=1S/C8H10O5.C5H5.C2H5.Mn.H3O4P/c9-2-1-7(3-10)8(4-11,5-12)6-13;1-2-4-5-3-1;1-2;;1-5(2,3)4/h1,11-13H,4-6H2;1-3H,4H2;1H2,2H3;;(H3,1,2,3,4)/q;;;+3;/p-3. The molecule has 0 unspecified atom stereocenters. The van der Waals surface area contributed by atoms with Gasteiger partial charge < -0.3 is 34.6 Å². The quantitative estimate of drug-likeness (QED) is 0.172. The van der Waals surface area contributed by atoms with Crippen LogP contribution in [0.5, 0.6) is 0 Å². The molecule has 0 spiro atoms. The topological polar surface area (TPSA) is 181 Å². The number of hydrogen-bond acceptors (Lipinski definition) is 9. The first-order valence-electron chi connectivity index (χ1n) is 7.11. The van der Waals surface area contributed by atoms with Gasteiger partial charge in [0.1, 0.15) is 11.9 Å². The molecule has 146 valence electrons. The van der Waals surface area contributed by atoms with E-state index >= 15 is 0 Å². The molecule has 0 aliphatic heterocycles. The summed E-state index contributed by atoms with van der Waals surface area (Å²) in [6.45, 7) is 0.285. The number of allylic oxidation sites excluding steroid dienone is 5. The SMILES string of the molecule is C[CH2][Mn+3][C]1=CC=CC1.O=C=CC(=C=O)C(CO)(CO)CO.O=P([O-])([O-])[O-]. The van der Waals surface area contributed by atoms with E-state index in [1.54, 1.807) is 4.47 Å². The molecule has 0 aromatic heterocycles. The molecule has 9 nitrogen and oxygen atoms in total. The number of aliphatic hydroxyl groups excluding tert-OH is 3. The van der Waals surface area contributed by atoms with Gasteiger partial charge >= 0.3 is 56.3 Å². The Hall–Kier alpha value is -1.11. The van der Waals surface area contributed by atoms with Gasteiger partial charge in [-0.05, 0) is 0 Å². The number of hydrogen-bond donors (Lipinski definition) is 3. The van der Waals surface area contributed by atoms with Crippen molar-refractivity contribution in [3.63, 3.8) is 0 Å². The van der Waals surface area contributed by atoms with Crippen molar-refractivity contribution in [1.29, 1.82) is 0 Å². The summed E-state index contributed by atoms with van der Waals surface area (Å²) in [7, 11) is -5.39. The predicted octanol–water partition coefficient (Wildman–Crippen LogP) is -2.38. The van der Waals surface area contributed by atoms with Gasteiger partial charge in [0.25, 0.3) is 0 Å². The Kier molecular flexibility index (Phi) is 15.6. The third kappa shape index (κ3) is 13.1. The van der Waals surface area contributed by atoms with Crippen LogP contribution >= 0.6 is 7.82 Å². The summed E-state index contributed by atoms with van der Waals surface area (Å²) in [5.74, 6) is 2.68. The number of aliphatic hydroxyl groups is 3. The van der Waals surface area contributed by atoms with Gasteiger partial charge in [0, 0.05) is 6.08 Å². The van der Waals surface area contributed by atoms with Crippen LogP contribution in [-0.4, -0.2) is 47.0 Å². The van der Waals surface area contributed by atoms with Crippen LogP contribution in [-0.2, 0) is 29.1 Å². The Labute approximate surface area is 157 Å². The fourth-order valence-electron chi connectivity index (χ4n) is 1.45. The molecule has 1 aliphatic rings. The molecule has 0 saturated heterocycles. The van der Waals surface area contributed by atoms with E-state index in [2.05, 4.69) is 25.2 Å². The van der Waals surface area contributed by atoms with Gasteiger partial charge in [0.15, 0.2) is 0 Å². The molecule has 26 heavy (non-hydrogen) atoms. The van der Waals surface area contributed by atoms with Crippen molar-refractivity contribution in [1.82, 2.24) is 0 Å². The normalized spacial score (nSPS) is 12.3. The van der Waals surface area contributed by atoms with Gasteiger partial charge in [0.2, 0.25) is 0 Å². The van der Waals surface area contributed by atoms with Crippen molar-refractivity contribution in [2.45, 2.75) is 18.7 Å². The van der Waals surface area contributed by atoms with Crippen LogP contribution in [0.15, 0.2) is 34.3 Å². The Bertz CT molecular complexity index is 590. The van der Waals surface area contributed by atoms with E-state index in [1.807, 2.05) is 0 Å². The van der Waals surface area contributed by atoms with Crippen LogP contribution in [0, 0.1) is 5.41 Å². The zero-order valence-electron chi connectivity index (χ0n) is 14.0. The first-order valence-corrected chi connectivity index (χ1v) is 9.99. The number of phosphoric acid groups is 1. The second-order valence-corrected chi connectivity index (χ2v) is 7.53. The Morgan fingerprint density at radius 1 is 1.27 bits per heavy atom. The van der Waals surface area contributed by atoms with Crippen molar-refractivity contribution in [3.05, 3.63) is 34.3 Å². The van der Waals surface area contributed by atoms with E-state index in [1.165, 1.54) is 23.6 Å². The monoisotopic (exact) mass is 430 g/mol. The molecule has 0 radical (unpaired) electrons. The number of carbonyl (C=O) groups excluding carboxylic acids is 2. The van der Waals surface area contributed by atoms with Gasteiger partial charge in [-0.15, -0.1) is 0 Å². The third-order valence-corrected chi connectivity index (χ3v) is 4.21. The smallest absolute Gasteiger partial charge is 0.129 e. The van der Waals surface area contributed by atoms with E-state index in [0.29, 0.717) is 0 Å². The van der Waals surface area contributed by atoms with Gasteiger partial charge in [-0.3, -0.25) is 0 Å². The van der Waals surface area contributed by atoms with Crippen LogP contribution in [0.25, 0.3) is 0 Å². The first kappa shape index (κ1) is 27.1. The van der Waals surface area contributed by atoms with Crippen molar-refractivity contribution in [2.24, 2.45) is 5.41 Å². The van der Waals surface area contributed by atoms with Gasteiger partial charge in [-0.2, -0.15) is 7.82 Å². The molecular formula is C15H20MnO9P. The summed E-state index contributed by atoms with van der Waals surface area (Å²) in [5.41, 5.74) is -1.81. The van der Waals surface area contributed by atoms with Crippen molar-refractivity contribution >= 4 is 19.7 Å². The molecule has 0 heterocycles. The van der Waals surface area contributed by atoms with E-state index in [-0.39, 0.29) is 5.57 Å². The Morgan fingerprint density at radius 3 is 2.04 bits per heavy atom. The van der Waals surface area contributed by atoms with Crippen molar-refractivity contribution in [3.8, 4) is 0 Å². The van der Waals surface area contributed by atoms with Gasteiger partial charge in [-0.25, -0.2) is 9.59 Å². The molecule has 0 aromatic rings. The van der Waals surface area contributed by atoms with E-state index in [9.17, 15) is 9.59 Å². The summed E-state index contributed by atoms with van der Waals surface area (Å²) >= 11 is 1.04. The maximum absolute atomic E-state index is 10.3. The number of rotatable bonds is 7. The summed E-state index contributed by atoms with van der Waals surface area (Å²) in [6, 6.07) is 0. The molecule has 3 N–H and O–H groups in total. The van der Waals surface area contributed by atoms with Gasteiger partial charge in [0.05, 0.1) is 30.8 Å². The fourth-order valence-corrected chi connectivity index (χ4v) is 2.55. The zero-order chi connectivity index (χ0) is 20.6. The van der Waals surface area contributed by atoms with Crippen LogP contribution in [0.4, 0.5) is 0 Å². The van der Waals surface area contributed by atoms with Gasteiger partial charge in [-0.1, -0.05) is 0 Å². The minimum atomic E-state index is -5.39. The minimum absolute atomic E-state index is 0.296. The molecule has 0 bridgehead atoms. The van der Waals surface area contributed by atoms with Crippen LogP contribution in [0.2, 0.25) is 5.32 Å². The molecule has 0 fully saturated rings. The van der Waals surface area contributed by atoms with E-state index < -0.39 is 33.1 Å². The largest absolute Gasteiger partial charge is 0.822 e. The minimum Gasteiger partial charge on any atom is -0.822 e. The Balaban J connectivity index is 0. The second kappa shape index (κ2) is 15.0. The molecule has 0 saturated carbocycles. The maximum Gasteiger partial charge on any atom is 0.129 e. The zero-order valence-corrected chi connectivity index (χ0v) is 16.0. The van der Waals surface area contributed by atoms with Crippen LogP contribution in [0.3, 0.4) is 0 Å². The molecule has 0 amide bonds. The summed E-state index contributed by atoms with van der Waals surface area (Å²) in [4.78, 5) is 45.9. The predicted molar refractivity (Wildman–Crippen MR) is 83.1 cm³/mol. The molecule has 0 atom stereocenters. The maximum atomic E-state index is 10.3. The summed E-state index contributed by atoms with van der Waals surface area (Å²) in [6.07, 6.45) is 8.56. The summed E-state index contributed by atoms with van der Waals surface area (Å²) < 4.78 is 10.2. The Morgan fingerprint density at radius 2 is 1.77 bits per heavy atom. The molecule has 1 aliphatic carbocycles. The van der Waals surface area contributed by atoms with Crippen LogP contribution in [0.1, 0.15) is 13.3 Å². The molecule has 0 aromatic carbocycles. The van der Waals surface area contributed by atoms with E-state index in [4.69, 9.17) is 34.6 Å². The second-order valence-electron chi connectivity index (χ2n) is 4.63. The summed E-state index contributed by atoms with van der Waals surface area (Å²) in [5, 5.41) is 27.8. The molecule has 1 rings (SSSR count). The molecular weight excluding hydrogens is 410 g/mol. The average molecular weight is 430 g/mol. The molecule has 11 heteroatoms. The van der Waals surface area contributed by atoms with Crippen molar-refractivity contribution in [2.75, 3.05) is 19.8 Å². The van der Waals surface area contributed by atoms with Crippen molar-refractivity contribution < 1.29 is 59.1 Å². The first-order chi connectivity index (χ1) is 12.1. The third-order valence-electron chi connectivity index (χ3n) is 2.82. The van der Waals surface area contributed by atoms with E-state index in [0.717, 1.165) is 21.0 Å². The fraction of sp³-hybridized carbons (Fsp3) is 0.467. The van der Waals surface area contributed by atoms with Crippen LogP contribution < -0.4 is 14.7 Å². The average Bonchev–Trinajstić information content (AvgIpc) is 3.08.